The molecule has 6 nitrogen and oxygen atoms in total. The van der Waals surface area contributed by atoms with Crippen molar-refractivity contribution in [2.24, 2.45) is 0 Å². The highest BCUT2D eigenvalue weighted by molar-refractivity contribution is 7.92. The van der Waals surface area contributed by atoms with Gasteiger partial charge in [-0.15, -0.1) is 10.2 Å². The Morgan fingerprint density at radius 2 is 1.43 bits per heavy atom. The van der Waals surface area contributed by atoms with E-state index in [0.29, 0.717) is 28.6 Å². The summed E-state index contributed by atoms with van der Waals surface area (Å²) in [4.78, 5) is 0.240. The van der Waals surface area contributed by atoms with Crippen molar-refractivity contribution in [1.29, 1.82) is 0 Å². The summed E-state index contributed by atoms with van der Waals surface area (Å²) in [5.41, 5.74) is 2.54. The molecule has 0 aliphatic carbocycles. The Labute approximate surface area is 162 Å². The van der Waals surface area contributed by atoms with E-state index < -0.39 is 10.0 Å². The Balaban J connectivity index is 1.62. The fourth-order valence-corrected chi connectivity index (χ4v) is 4.12. The number of anilines is 1. The lowest BCUT2D eigenvalue weighted by Crippen LogP contribution is -2.14. The average Bonchev–Trinajstić information content (AvgIpc) is 3.19. The zero-order valence-corrected chi connectivity index (χ0v) is 15.8. The summed E-state index contributed by atoms with van der Waals surface area (Å²) in [7, 11) is -3.70. The van der Waals surface area contributed by atoms with Crippen molar-refractivity contribution in [3.05, 3.63) is 84.4 Å². The molecule has 0 bridgehead atoms. The van der Waals surface area contributed by atoms with Crippen LogP contribution in [0.4, 0.5) is 5.69 Å². The van der Waals surface area contributed by atoms with Crippen LogP contribution >= 0.6 is 0 Å². The van der Waals surface area contributed by atoms with E-state index in [2.05, 4.69) is 14.9 Å². The Kier molecular flexibility index (Phi) is 4.67. The van der Waals surface area contributed by atoms with Gasteiger partial charge in [0.25, 0.3) is 10.0 Å². The fourth-order valence-electron chi connectivity index (χ4n) is 2.82. The minimum Gasteiger partial charge on any atom is -0.416 e. The highest BCUT2D eigenvalue weighted by Crippen LogP contribution is 2.27. The molecule has 4 rings (SSSR count). The monoisotopic (exact) mass is 391 g/mol. The van der Waals surface area contributed by atoms with E-state index in [1.54, 1.807) is 55.5 Å². The predicted molar refractivity (Wildman–Crippen MR) is 107 cm³/mol. The van der Waals surface area contributed by atoms with Crippen LogP contribution in [0.2, 0.25) is 0 Å². The summed E-state index contributed by atoms with van der Waals surface area (Å²) in [5.74, 6) is 0.720. The van der Waals surface area contributed by atoms with Crippen LogP contribution in [0.1, 0.15) is 5.56 Å². The largest absolute Gasteiger partial charge is 0.416 e. The molecule has 0 unspecified atom stereocenters. The van der Waals surface area contributed by atoms with Crippen LogP contribution in [0.5, 0.6) is 0 Å². The molecule has 1 heterocycles. The van der Waals surface area contributed by atoms with Crippen molar-refractivity contribution in [3.63, 3.8) is 0 Å². The molecule has 0 atom stereocenters. The molecule has 28 heavy (non-hydrogen) atoms. The molecular formula is C21H17N3O3S. The van der Waals surface area contributed by atoms with E-state index in [1.807, 2.05) is 30.3 Å². The van der Waals surface area contributed by atoms with Crippen LogP contribution < -0.4 is 4.72 Å². The third-order valence-electron chi connectivity index (χ3n) is 4.19. The minimum absolute atomic E-state index is 0.240. The smallest absolute Gasteiger partial charge is 0.262 e. The number of nitrogens with one attached hydrogen (secondary N) is 1. The summed E-state index contributed by atoms with van der Waals surface area (Å²) in [5, 5.41) is 8.15. The normalized spacial score (nSPS) is 11.3. The third-order valence-corrected chi connectivity index (χ3v) is 5.73. The zero-order valence-electron chi connectivity index (χ0n) is 15.0. The highest BCUT2D eigenvalue weighted by Gasteiger charge is 2.17. The van der Waals surface area contributed by atoms with Gasteiger partial charge in [-0.05, 0) is 48.9 Å². The molecule has 140 valence electrons. The molecule has 1 aromatic heterocycles. The average molecular weight is 391 g/mol. The van der Waals surface area contributed by atoms with Gasteiger partial charge in [0.15, 0.2) is 0 Å². The first kappa shape index (κ1) is 17.9. The number of hydrogen-bond acceptors (Lipinski definition) is 5. The van der Waals surface area contributed by atoms with E-state index in [4.69, 9.17) is 4.42 Å². The van der Waals surface area contributed by atoms with Crippen LogP contribution in [0.3, 0.4) is 0 Å². The lowest BCUT2D eigenvalue weighted by molar-refractivity contribution is 0.584. The first-order valence-corrected chi connectivity index (χ1v) is 10.1. The summed E-state index contributed by atoms with van der Waals surface area (Å²) < 4.78 is 33.7. The first-order valence-electron chi connectivity index (χ1n) is 8.61. The van der Waals surface area contributed by atoms with Gasteiger partial charge in [-0.1, -0.05) is 42.5 Å². The molecule has 0 aliphatic heterocycles. The van der Waals surface area contributed by atoms with Crippen molar-refractivity contribution in [2.75, 3.05) is 4.72 Å². The van der Waals surface area contributed by atoms with Crippen LogP contribution in [-0.2, 0) is 10.0 Å². The number of benzene rings is 3. The summed E-state index contributed by atoms with van der Waals surface area (Å²) in [6.07, 6.45) is 0. The molecule has 0 saturated carbocycles. The highest BCUT2D eigenvalue weighted by atomic mass is 32.2. The van der Waals surface area contributed by atoms with E-state index in [9.17, 15) is 8.42 Å². The first-order chi connectivity index (χ1) is 13.5. The molecule has 0 amide bonds. The standard InChI is InChI=1S/C21H17N3O3S/c1-15-8-5-6-13-19(15)28(25,26)24-18-12-7-11-17(14-18)21-23-22-20(27-21)16-9-3-2-4-10-16/h2-14,24H,1H3. The second kappa shape index (κ2) is 7.28. The molecule has 0 spiro atoms. The summed E-state index contributed by atoms with van der Waals surface area (Å²) >= 11 is 0. The van der Waals surface area contributed by atoms with E-state index in [1.165, 1.54) is 0 Å². The Morgan fingerprint density at radius 3 is 2.18 bits per heavy atom. The van der Waals surface area contributed by atoms with Gasteiger partial charge in [0.1, 0.15) is 0 Å². The summed E-state index contributed by atoms with van der Waals surface area (Å²) in [6.45, 7) is 1.76. The van der Waals surface area contributed by atoms with Gasteiger partial charge < -0.3 is 4.42 Å². The zero-order chi connectivity index (χ0) is 19.6. The number of rotatable bonds is 5. The molecule has 1 N–H and O–H groups in total. The molecule has 0 fully saturated rings. The topological polar surface area (TPSA) is 85.1 Å². The van der Waals surface area contributed by atoms with Crippen LogP contribution in [0, 0.1) is 6.92 Å². The van der Waals surface area contributed by atoms with Crippen molar-refractivity contribution in [1.82, 2.24) is 10.2 Å². The Morgan fingerprint density at radius 1 is 0.786 bits per heavy atom. The van der Waals surface area contributed by atoms with Crippen molar-refractivity contribution >= 4 is 15.7 Å². The van der Waals surface area contributed by atoms with Gasteiger partial charge >= 0.3 is 0 Å². The quantitative estimate of drug-likeness (QED) is 0.541. The number of aromatic nitrogens is 2. The third kappa shape index (κ3) is 3.65. The van der Waals surface area contributed by atoms with Crippen LogP contribution in [0.15, 0.2) is 88.2 Å². The molecule has 0 aliphatic rings. The van der Waals surface area contributed by atoms with Gasteiger partial charge in [-0.3, -0.25) is 4.72 Å². The second-order valence-electron chi connectivity index (χ2n) is 6.23. The van der Waals surface area contributed by atoms with Gasteiger partial charge in [-0.25, -0.2) is 8.42 Å². The van der Waals surface area contributed by atoms with Crippen LogP contribution in [0.25, 0.3) is 22.9 Å². The number of aryl methyl sites for hydroxylation is 1. The van der Waals surface area contributed by atoms with Crippen molar-refractivity contribution in [3.8, 4) is 22.9 Å². The SMILES string of the molecule is Cc1ccccc1S(=O)(=O)Nc1cccc(-c2nnc(-c3ccccc3)o2)c1. The Bertz CT molecular complexity index is 1220. The maximum Gasteiger partial charge on any atom is 0.262 e. The second-order valence-corrected chi connectivity index (χ2v) is 7.88. The fraction of sp³-hybridized carbons (Fsp3) is 0.0476. The predicted octanol–water partition coefficient (Wildman–Crippen LogP) is 4.51. The minimum atomic E-state index is -3.70. The number of nitrogens with zero attached hydrogens (tertiary/aromatic N) is 2. The maximum absolute atomic E-state index is 12.7. The van der Waals surface area contributed by atoms with Gasteiger partial charge in [0, 0.05) is 16.8 Å². The van der Waals surface area contributed by atoms with Crippen LogP contribution in [-0.4, -0.2) is 18.6 Å². The molecule has 0 saturated heterocycles. The molecule has 7 heteroatoms. The maximum atomic E-state index is 12.7. The van der Waals surface area contributed by atoms with Gasteiger partial charge in [0.05, 0.1) is 4.90 Å². The molecule has 3 aromatic carbocycles. The van der Waals surface area contributed by atoms with Crippen molar-refractivity contribution < 1.29 is 12.8 Å². The lowest BCUT2D eigenvalue weighted by atomic mass is 10.2. The van der Waals surface area contributed by atoms with E-state index in [0.717, 1.165) is 5.56 Å². The van der Waals surface area contributed by atoms with Gasteiger partial charge in [0.2, 0.25) is 11.8 Å². The molecular weight excluding hydrogens is 374 g/mol. The summed E-state index contributed by atoms with van der Waals surface area (Å²) in [6, 6.07) is 23.1. The van der Waals surface area contributed by atoms with Crippen molar-refractivity contribution in [2.45, 2.75) is 11.8 Å². The number of hydrogen-bond donors (Lipinski definition) is 1. The van der Waals surface area contributed by atoms with E-state index in [-0.39, 0.29) is 4.90 Å². The Hall–Kier alpha value is -3.45. The number of sulfonamides is 1. The molecule has 4 aromatic rings. The lowest BCUT2D eigenvalue weighted by Gasteiger charge is -2.10. The molecule has 0 radical (unpaired) electrons. The van der Waals surface area contributed by atoms with E-state index >= 15 is 0 Å². The van der Waals surface area contributed by atoms with Gasteiger partial charge in [-0.2, -0.15) is 0 Å².